The molecule has 1 unspecified atom stereocenters. The summed E-state index contributed by atoms with van der Waals surface area (Å²) >= 11 is 0. The Morgan fingerprint density at radius 1 is 1.00 bits per heavy atom. The van der Waals surface area contributed by atoms with Crippen molar-refractivity contribution in [3.63, 3.8) is 0 Å². The predicted octanol–water partition coefficient (Wildman–Crippen LogP) is 4.88. The van der Waals surface area contributed by atoms with Crippen molar-refractivity contribution in [3.05, 3.63) is 54.6 Å². The normalized spacial score (nSPS) is 11.9. The molecule has 0 radical (unpaired) electrons. The monoisotopic (exact) mass is 387 g/mol. The van der Waals surface area contributed by atoms with Crippen LogP contribution in [-0.2, 0) is 9.47 Å². The van der Waals surface area contributed by atoms with Crippen LogP contribution in [0.15, 0.2) is 54.6 Å². The summed E-state index contributed by atoms with van der Waals surface area (Å²) in [7, 11) is 3.09. The number of ether oxygens (including phenoxy) is 4. The highest BCUT2D eigenvalue weighted by molar-refractivity contribution is 5.89. The van der Waals surface area contributed by atoms with Crippen molar-refractivity contribution < 1.29 is 23.7 Å². The van der Waals surface area contributed by atoms with Crippen LogP contribution < -0.4 is 14.4 Å². The van der Waals surface area contributed by atoms with E-state index in [9.17, 15) is 4.79 Å². The number of carbonyl (C=O) groups excluding carboxylic acids is 1. The number of rotatable bonds is 10. The van der Waals surface area contributed by atoms with E-state index in [2.05, 4.69) is 6.92 Å². The summed E-state index contributed by atoms with van der Waals surface area (Å²) in [5, 5.41) is 0. The molecule has 0 N–H and O–H groups in total. The van der Waals surface area contributed by atoms with Crippen LogP contribution in [0.2, 0.25) is 0 Å². The minimum atomic E-state index is -0.463. The van der Waals surface area contributed by atoms with Gasteiger partial charge >= 0.3 is 6.09 Å². The zero-order valence-electron chi connectivity index (χ0n) is 17.0. The zero-order valence-corrected chi connectivity index (χ0v) is 17.0. The van der Waals surface area contributed by atoms with E-state index in [1.54, 1.807) is 43.4 Å². The lowest BCUT2D eigenvalue weighted by Gasteiger charge is -2.28. The Morgan fingerprint density at radius 3 is 2.32 bits per heavy atom. The maximum Gasteiger partial charge on any atom is 0.420 e. The van der Waals surface area contributed by atoms with Crippen molar-refractivity contribution in [1.82, 2.24) is 0 Å². The van der Waals surface area contributed by atoms with Crippen LogP contribution in [0.4, 0.5) is 10.5 Å². The largest absolute Gasteiger partial charge is 0.488 e. The molecule has 0 aliphatic heterocycles. The van der Waals surface area contributed by atoms with Crippen LogP contribution in [0.1, 0.15) is 26.7 Å². The summed E-state index contributed by atoms with van der Waals surface area (Å²) in [5.41, 5.74) is 0.809. The van der Waals surface area contributed by atoms with E-state index < -0.39 is 12.4 Å². The molecule has 0 saturated heterocycles. The first-order valence-corrected chi connectivity index (χ1v) is 9.43. The van der Waals surface area contributed by atoms with E-state index in [1.807, 2.05) is 37.3 Å². The highest BCUT2D eigenvalue weighted by Gasteiger charge is 2.23. The van der Waals surface area contributed by atoms with E-state index in [1.165, 1.54) is 0 Å². The van der Waals surface area contributed by atoms with Crippen molar-refractivity contribution in [2.24, 2.45) is 0 Å². The van der Waals surface area contributed by atoms with Gasteiger partial charge < -0.3 is 18.9 Å². The van der Waals surface area contributed by atoms with Crippen LogP contribution >= 0.6 is 0 Å². The van der Waals surface area contributed by atoms with Gasteiger partial charge in [-0.2, -0.15) is 0 Å². The Balaban J connectivity index is 2.11. The maximum atomic E-state index is 12.9. The molecule has 0 heterocycles. The van der Waals surface area contributed by atoms with Gasteiger partial charge in [-0.3, -0.25) is 4.90 Å². The second-order valence-corrected chi connectivity index (χ2v) is 6.40. The van der Waals surface area contributed by atoms with Crippen LogP contribution in [0, 0.1) is 0 Å². The molecule has 0 saturated carbocycles. The van der Waals surface area contributed by atoms with Crippen molar-refractivity contribution in [2.75, 3.05) is 25.7 Å². The van der Waals surface area contributed by atoms with Crippen molar-refractivity contribution >= 4 is 11.8 Å². The first-order chi connectivity index (χ1) is 13.6. The SMILES string of the molecule is CCCC(C)N(C(=O)Oc1cccc(OCC(OC)OC)c1)c1ccccc1. The Hall–Kier alpha value is -2.57. The molecular formula is C22H29NO5. The number of para-hydroxylation sites is 1. The van der Waals surface area contributed by atoms with Gasteiger partial charge in [0.05, 0.1) is 0 Å². The van der Waals surface area contributed by atoms with E-state index in [0.29, 0.717) is 11.5 Å². The lowest BCUT2D eigenvalue weighted by atomic mass is 10.1. The molecule has 1 amide bonds. The number of nitrogens with zero attached hydrogens (tertiary/aromatic N) is 1. The van der Waals surface area contributed by atoms with E-state index in [4.69, 9.17) is 18.9 Å². The predicted molar refractivity (Wildman–Crippen MR) is 109 cm³/mol. The zero-order chi connectivity index (χ0) is 20.4. The standard InChI is InChI=1S/C22H29NO5/c1-5-10-17(2)23(18-11-7-6-8-12-18)22(24)28-20-14-9-13-19(15-20)27-16-21(25-3)26-4/h6-9,11-15,17,21H,5,10,16H2,1-4H3. The van der Waals surface area contributed by atoms with Gasteiger partial charge in [-0.25, -0.2) is 4.79 Å². The quantitative estimate of drug-likeness (QED) is 0.544. The second-order valence-electron chi connectivity index (χ2n) is 6.40. The molecule has 0 fully saturated rings. The number of hydrogen-bond acceptors (Lipinski definition) is 5. The minimum absolute atomic E-state index is 0.0171. The smallest absolute Gasteiger partial charge is 0.420 e. The Morgan fingerprint density at radius 2 is 1.68 bits per heavy atom. The van der Waals surface area contributed by atoms with Crippen LogP contribution in [0.3, 0.4) is 0 Å². The Bertz CT molecular complexity index is 718. The number of anilines is 1. The fourth-order valence-corrected chi connectivity index (χ4v) is 2.85. The van der Waals surface area contributed by atoms with Gasteiger partial charge in [0.15, 0.2) is 6.29 Å². The van der Waals surface area contributed by atoms with Gasteiger partial charge in [-0.05, 0) is 37.6 Å². The fraction of sp³-hybridized carbons (Fsp3) is 0.409. The van der Waals surface area contributed by atoms with Gasteiger partial charge in [0.2, 0.25) is 0 Å². The third kappa shape index (κ3) is 6.25. The molecule has 0 aliphatic rings. The summed E-state index contributed by atoms with van der Waals surface area (Å²) in [6.45, 7) is 4.35. The van der Waals surface area contributed by atoms with Crippen LogP contribution in [-0.4, -0.2) is 39.3 Å². The van der Waals surface area contributed by atoms with E-state index in [-0.39, 0.29) is 12.6 Å². The van der Waals surface area contributed by atoms with Gasteiger partial charge in [0, 0.05) is 32.0 Å². The molecule has 0 aliphatic carbocycles. The highest BCUT2D eigenvalue weighted by atomic mass is 16.7. The van der Waals surface area contributed by atoms with Gasteiger partial charge in [0.1, 0.15) is 18.1 Å². The number of hydrogen-bond donors (Lipinski definition) is 0. The summed E-state index contributed by atoms with van der Waals surface area (Å²) in [5.74, 6) is 0.982. The first-order valence-electron chi connectivity index (χ1n) is 9.43. The van der Waals surface area contributed by atoms with Crippen LogP contribution in [0.25, 0.3) is 0 Å². The molecule has 0 bridgehead atoms. The van der Waals surface area contributed by atoms with E-state index in [0.717, 1.165) is 18.5 Å². The van der Waals surface area contributed by atoms with E-state index >= 15 is 0 Å². The molecule has 0 spiro atoms. The molecule has 6 heteroatoms. The highest BCUT2D eigenvalue weighted by Crippen LogP contribution is 2.24. The number of methoxy groups -OCH3 is 2. The molecule has 0 aromatic heterocycles. The van der Waals surface area contributed by atoms with Crippen LogP contribution in [0.5, 0.6) is 11.5 Å². The molecule has 1 atom stereocenters. The molecule has 2 aromatic rings. The summed E-state index contributed by atoms with van der Waals surface area (Å²) < 4.78 is 21.5. The molecule has 6 nitrogen and oxygen atoms in total. The summed E-state index contributed by atoms with van der Waals surface area (Å²) in [4.78, 5) is 14.6. The lowest BCUT2D eigenvalue weighted by molar-refractivity contribution is -0.121. The van der Waals surface area contributed by atoms with Crippen molar-refractivity contribution in [3.8, 4) is 11.5 Å². The number of benzene rings is 2. The Labute approximate surface area is 167 Å². The van der Waals surface area contributed by atoms with Gasteiger partial charge in [-0.1, -0.05) is 37.6 Å². The fourth-order valence-electron chi connectivity index (χ4n) is 2.85. The molecular weight excluding hydrogens is 358 g/mol. The molecule has 2 rings (SSSR count). The topological polar surface area (TPSA) is 57.2 Å². The van der Waals surface area contributed by atoms with Crippen molar-refractivity contribution in [1.29, 1.82) is 0 Å². The van der Waals surface area contributed by atoms with Gasteiger partial charge in [-0.15, -0.1) is 0 Å². The molecule has 28 heavy (non-hydrogen) atoms. The van der Waals surface area contributed by atoms with Crippen molar-refractivity contribution in [2.45, 2.75) is 39.0 Å². The number of amides is 1. The summed E-state index contributed by atoms with van der Waals surface area (Å²) in [6.07, 6.45) is 0.967. The third-order valence-electron chi connectivity index (χ3n) is 4.30. The Kier molecular flexibility index (Phi) is 8.78. The lowest BCUT2D eigenvalue weighted by Crippen LogP contribution is -2.40. The minimum Gasteiger partial charge on any atom is -0.488 e. The second kappa shape index (κ2) is 11.3. The maximum absolute atomic E-state index is 12.9. The molecule has 2 aromatic carbocycles. The summed E-state index contributed by atoms with van der Waals surface area (Å²) in [6, 6.07) is 16.5. The molecule has 152 valence electrons. The average molecular weight is 387 g/mol. The number of carbonyl (C=O) groups is 1. The first kappa shape index (κ1) is 21.7. The average Bonchev–Trinajstić information content (AvgIpc) is 2.70. The third-order valence-corrected chi connectivity index (χ3v) is 4.30. The van der Waals surface area contributed by atoms with Gasteiger partial charge in [0.25, 0.3) is 0 Å².